The van der Waals surface area contributed by atoms with Crippen molar-refractivity contribution >= 4 is 11.6 Å². The van der Waals surface area contributed by atoms with E-state index < -0.39 is 0 Å². The Labute approximate surface area is 126 Å². The highest BCUT2D eigenvalue weighted by Crippen LogP contribution is 2.13. The SMILES string of the molecule is Cc1cccc(CNCC(=O)Nc2ccc(C)c(C)c2)c1. The lowest BCUT2D eigenvalue weighted by Crippen LogP contribution is -2.27. The zero-order chi connectivity index (χ0) is 15.2. The first-order chi connectivity index (χ1) is 10.0. The molecule has 0 aliphatic rings. The highest BCUT2D eigenvalue weighted by atomic mass is 16.1. The number of rotatable bonds is 5. The number of nitrogens with one attached hydrogen (secondary N) is 2. The first-order valence-corrected chi connectivity index (χ1v) is 7.18. The van der Waals surface area contributed by atoms with E-state index in [0.717, 1.165) is 5.69 Å². The highest BCUT2D eigenvalue weighted by Gasteiger charge is 2.03. The number of hydrogen-bond acceptors (Lipinski definition) is 2. The highest BCUT2D eigenvalue weighted by molar-refractivity contribution is 5.92. The molecule has 0 spiro atoms. The fourth-order valence-electron chi connectivity index (χ4n) is 2.17. The number of benzene rings is 2. The van der Waals surface area contributed by atoms with Crippen molar-refractivity contribution in [2.24, 2.45) is 0 Å². The third-order valence-electron chi connectivity index (χ3n) is 3.49. The van der Waals surface area contributed by atoms with Crippen LogP contribution in [0.25, 0.3) is 0 Å². The molecule has 110 valence electrons. The Morgan fingerprint density at radius 2 is 1.81 bits per heavy atom. The Balaban J connectivity index is 1.81. The van der Waals surface area contributed by atoms with E-state index in [0.29, 0.717) is 13.1 Å². The van der Waals surface area contributed by atoms with E-state index in [1.54, 1.807) is 0 Å². The molecule has 3 heteroatoms. The largest absolute Gasteiger partial charge is 0.325 e. The zero-order valence-electron chi connectivity index (χ0n) is 12.9. The molecule has 2 N–H and O–H groups in total. The minimum absolute atomic E-state index is 0.0223. The lowest BCUT2D eigenvalue weighted by Gasteiger charge is -2.09. The average Bonchev–Trinajstić information content (AvgIpc) is 2.43. The van der Waals surface area contributed by atoms with Gasteiger partial charge in [-0.1, -0.05) is 35.9 Å². The second-order valence-corrected chi connectivity index (χ2v) is 5.44. The monoisotopic (exact) mass is 282 g/mol. The molecule has 0 atom stereocenters. The first-order valence-electron chi connectivity index (χ1n) is 7.18. The molecule has 2 aromatic carbocycles. The van der Waals surface area contributed by atoms with E-state index in [1.807, 2.05) is 31.2 Å². The Hall–Kier alpha value is -2.13. The second kappa shape index (κ2) is 7.04. The number of anilines is 1. The minimum Gasteiger partial charge on any atom is -0.325 e. The van der Waals surface area contributed by atoms with Crippen LogP contribution in [0.15, 0.2) is 42.5 Å². The summed E-state index contributed by atoms with van der Waals surface area (Å²) < 4.78 is 0. The fourth-order valence-corrected chi connectivity index (χ4v) is 2.17. The summed E-state index contributed by atoms with van der Waals surface area (Å²) in [5, 5.41) is 6.07. The third-order valence-corrected chi connectivity index (χ3v) is 3.49. The number of amides is 1. The molecular formula is C18H22N2O. The molecule has 0 saturated carbocycles. The quantitative estimate of drug-likeness (QED) is 0.883. The Bertz CT molecular complexity index is 635. The number of aryl methyl sites for hydroxylation is 3. The van der Waals surface area contributed by atoms with Crippen LogP contribution in [0.3, 0.4) is 0 Å². The summed E-state index contributed by atoms with van der Waals surface area (Å²) in [5.74, 6) is -0.0223. The molecule has 0 radical (unpaired) electrons. The normalized spacial score (nSPS) is 10.4. The Morgan fingerprint density at radius 3 is 2.52 bits per heavy atom. The molecule has 0 heterocycles. The number of hydrogen-bond donors (Lipinski definition) is 2. The van der Waals surface area contributed by atoms with Gasteiger partial charge < -0.3 is 10.6 Å². The summed E-state index contributed by atoms with van der Waals surface area (Å²) in [4.78, 5) is 11.9. The summed E-state index contributed by atoms with van der Waals surface area (Å²) in [5.41, 5.74) is 5.68. The van der Waals surface area contributed by atoms with Crippen LogP contribution in [0.1, 0.15) is 22.3 Å². The van der Waals surface area contributed by atoms with Crippen LogP contribution < -0.4 is 10.6 Å². The molecule has 2 rings (SSSR count). The lowest BCUT2D eigenvalue weighted by atomic mass is 10.1. The van der Waals surface area contributed by atoms with Gasteiger partial charge in [0.15, 0.2) is 0 Å². The maximum Gasteiger partial charge on any atom is 0.238 e. The van der Waals surface area contributed by atoms with Crippen LogP contribution in [0.2, 0.25) is 0 Å². The van der Waals surface area contributed by atoms with Gasteiger partial charge in [-0.2, -0.15) is 0 Å². The van der Waals surface area contributed by atoms with Crippen molar-refractivity contribution in [3.8, 4) is 0 Å². The summed E-state index contributed by atoms with van der Waals surface area (Å²) in [7, 11) is 0. The van der Waals surface area contributed by atoms with Crippen molar-refractivity contribution in [1.29, 1.82) is 0 Å². The van der Waals surface area contributed by atoms with E-state index in [9.17, 15) is 4.79 Å². The van der Waals surface area contributed by atoms with Crippen LogP contribution in [-0.2, 0) is 11.3 Å². The molecular weight excluding hydrogens is 260 g/mol. The van der Waals surface area contributed by atoms with Crippen molar-refractivity contribution in [2.75, 3.05) is 11.9 Å². The van der Waals surface area contributed by atoms with Crippen molar-refractivity contribution in [3.05, 3.63) is 64.7 Å². The van der Waals surface area contributed by atoms with E-state index in [4.69, 9.17) is 0 Å². The molecule has 0 unspecified atom stereocenters. The fraction of sp³-hybridized carbons (Fsp3) is 0.278. The molecule has 0 saturated heterocycles. The second-order valence-electron chi connectivity index (χ2n) is 5.44. The molecule has 3 nitrogen and oxygen atoms in total. The molecule has 0 aliphatic heterocycles. The van der Waals surface area contributed by atoms with Crippen molar-refractivity contribution in [1.82, 2.24) is 5.32 Å². The van der Waals surface area contributed by atoms with Gasteiger partial charge in [0.1, 0.15) is 0 Å². The Kier molecular flexibility index (Phi) is 5.12. The topological polar surface area (TPSA) is 41.1 Å². The van der Waals surface area contributed by atoms with Crippen LogP contribution in [0.5, 0.6) is 0 Å². The average molecular weight is 282 g/mol. The van der Waals surface area contributed by atoms with Gasteiger partial charge in [0.05, 0.1) is 6.54 Å². The molecule has 0 aliphatic carbocycles. The predicted molar refractivity (Wildman–Crippen MR) is 87.4 cm³/mol. The van der Waals surface area contributed by atoms with Crippen LogP contribution >= 0.6 is 0 Å². The molecule has 2 aromatic rings. The molecule has 0 fully saturated rings. The maximum absolute atomic E-state index is 11.9. The van der Waals surface area contributed by atoms with Crippen molar-refractivity contribution in [3.63, 3.8) is 0 Å². The van der Waals surface area contributed by atoms with Gasteiger partial charge in [-0.25, -0.2) is 0 Å². The van der Waals surface area contributed by atoms with Gasteiger partial charge >= 0.3 is 0 Å². The van der Waals surface area contributed by atoms with E-state index >= 15 is 0 Å². The number of carbonyl (C=O) groups is 1. The van der Waals surface area contributed by atoms with Gasteiger partial charge in [0.25, 0.3) is 0 Å². The smallest absolute Gasteiger partial charge is 0.238 e. The maximum atomic E-state index is 11.9. The zero-order valence-corrected chi connectivity index (χ0v) is 12.9. The van der Waals surface area contributed by atoms with Crippen molar-refractivity contribution < 1.29 is 4.79 Å². The standard InChI is InChI=1S/C18H22N2O/c1-13-5-4-6-16(9-13)11-19-12-18(21)20-17-8-7-14(2)15(3)10-17/h4-10,19H,11-12H2,1-3H3,(H,20,21). The third kappa shape index (κ3) is 4.72. The minimum atomic E-state index is -0.0223. The summed E-state index contributed by atoms with van der Waals surface area (Å²) in [6.45, 7) is 7.17. The summed E-state index contributed by atoms with van der Waals surface area (Å²) in [6.07, 6.45) is 0. The van der Waals surface area contributed by atoms with Gasteiger partial charge in [-0.3, -0.25) is 4.79 Å². The van der Waals surface area contributed by atoms with Crippen LogP contribution in [-0.4, -0.2) is 12.5 Å². The predicted octanol–water partition coefficient (Wildman–Crippen LogP) is 3.34. The summed E-state index contributed by atoms with van der Waals surface area (Å²) in [6, 6.07) is 14.2. The Morgan fingerprint density at radius 1 is 1.00 bits per heavy atom. The molecule has 0 bridgehead atoms. The molecule has 1 amide bonds. The number of carbonyl (C=O) groups excluding carboxylic acids is 1. The van der Waals surface area contributed by atoms with Gasteiger partial charge in [0.2, 0.25) is 5.91 Å². The molecule has 21 heavy (non-hydrogen) atoms. The van der Waals surface area contributed by atoms with Crippen LogP contribution in [0, 0.1) is 20.8 Å². The van der Waals surface area contributed by atoms with E-state index in [-0.39, 0.29) is 5.91 Å². The van der Waals surface area contributed by atoms with Crippen molar-refractivity contribution in [2.45, 2.75) is 27.3 Å². The lowest BCUT2D eigenvalue weighted by molar-refractivity contribution is -0.115. The summed E-state index contributed by atoms with van der Waals surface area (Å²) >= 11 is 0. The van der Waals surface area contributed by atoms with Gasteiger partial charge in [0, 0.05) is 12.2 Å². The van der Waals surface area contributed by atoms with Crippen LogP contribution in [0.4, 0.5) is 5.69 Å². The molecule has 0 aromatic heterocycles. The van der Waals surface area contributed by atoms with Gasteiger partial charge in [-0.15, -0.1) is 0 Å². The van der Waals surface area contributed by atoms with E-state index in [2.05, 4.69) is 42.7 Å². The van der Waals surface area contributed by atoms with Gasteiger partial charge in [-0.05, 0) is 49.6 Å². The first kappa shape index (κ1) is 15.3. The van der Waals surface area contributed by atoms with E-state index in [1.165, 1.54) is 22.3 Å².